The molecule has 3 rings (SSSR count). The van der Waals surface area contributed by atoms with Gasteiger partial charge in [0.15, 0.2) is 0 Å². The van der Waals surface area contributed by atoms with E-state index in [9.17, 15) is 18.3 Å². The first-order valence-corrected chi connectivity index (χ1v) is 11.4. The van der Waals surface area contributed by atoms with E-state index in [-0.39, 0.29) is 16.6 Å². The molecule has 1 fully saturated rings. The van der Waals surface area contributed by atoms with Crippen LogP contribution in [0.2, 0.25) is 5.02 Å². The second-order valence-electron chi connectivity index (χ2n) is 8.68. The Balaban J connectivity index is 1.73. The van der Waals surface area contributed by atoms with Crippen LogP contribution in [0.1, 0.15) is 53.6 Å². The number of hydrogen-bond donors (Lipinski definition) is 1. The topological polar surface area (TPSA) is 41.9 Å². The molecule has 0 amide bonds. The van der Waals surface area contributed by atoms with Crippen LogP contribution in [0, 0.1) is 13.8 Å². The Hall–Kier alpha value is -1.80. The van der Waals surface area contributed by atoms with Crippen molar-refractivity contribution >= 4 is 11.6 Å². The van der Waals surface area contributed by atoms with Crippen molar-refractivity contribution in [3.8, 4) is 5.75 Å². The van der Waals surface area contributed by atoms with Gasteiger partial charge >= 0.3 is 6.18 Å². The van der Waals surface area contributed by atoms with Gasteiger partial charge in [-0.25, -0.2) is 0 Å². The van der Waals surface area contributed by atoms with Crippen LogP contribution in [0.4, 0.5) is 13.2 Å². The molecule has 2 aromatic carbocycles. The van der Waals surface area contributed by atoms with Gasteiger partial charge in [-0.2, -0.15) is 13.2 Å². The number of hydrogen-bond acceptors (Lipinski definition) is 4. The van der Waals surface area contributed by atoms with E-state index in [1.807, 2.05) is 13.0 Å². The van der Waals surface area contributed by atoms with E-state index in [0.717, 1.165) is 22.9 Å². The Kier molecular flexibility index (Phi) is 7.99. The molecule has 182 valence electrons. The van der Waals surface area contributed by atoms with E-state index in [4.69, 9.17) is 21.1 Å². The van der Waals surface area contributed by atoms with Crippen LogP contribution in [0.25, 0.3) is 0 Å². The minimum atomic E-state index is -4.56. The summed E-state index contributed by atoms with van der Waals surface area (Å²) in [5.41, 5.74) is 1.42. The number of rotatable bonds is 7. The van der Waals surface area contributed by atoms with Gasteiger partial charge < -0.3 is 14.6 Å². The third-order valence-corrected chi connectivity index (χ3v) is 7.09. The zero-order valence-electron chi connectivity index (χ0n) is 19.4. The van der Waals surface area contributed by atoms with E-state index in [2.05, 4.69) is 24.8 Å². The fourth-order valence-electron chi connectivity index (χ4n) is 4.46. The molecule has 1 unspecified atom stereocenters. The smallest absolute Gasteiger partial charge is 0.417 e. The largest absolute Gasteiger partial charge is 0.491 e. The lowest BCUT2D eigenvalue weighted by atomic mass is 9.83. The minimum Gasteiger partial charge on any atom is -0.491 e. The molecule has 2 aromatic rings. The first-order valence-electron chi connectivity index (χ1n) is 11.0. The highest BCUT2D eigenvalue weighted by Gasteiger charge is 2.39. The molecule has 33 heavy (non-hydrogen) atoms. The Morgan fingerprint density at radius 1 is 1.09 bits per heavy atom. The number of methoxy groups -OCH3 is 1. The summed E-state index contributed by atoms with van der Waals surface area (Å²) >= 11 is 5.75. The molecule has 0 radical (unpaired) electrons. The number of benzene rings is 2. The van der Waals surface area contributed by atoms with Crippen molar-refractivity contribution in [2.24, 2.45) is 0 Å². The highest BCUT2D eigenvalue weighted by atomic mass is 35.5. The number of alkyl halides is 3. The molecule has 1 aliphatic rings. The molecular formula is C25H31ClF3NO3. The summed E-state index contributed by atoms with van der Waals surface area (Å²) < 4.78 is 50.7. The number of ether oxygens (including phenoxy) is 2. The van der Waals surface area contributed by atoms with Gasteiger partial charge in [-0.15, -0.1) is 0 Å². The van der Waals surface area contributed by atoms with Crippen molar-refractivity contribution in [1.82, 2.24) is 4.90 Å². The van der Waals surface area contributed by atoms with E-state index in [1.54, 1.807) is 7.11 Å². The van der Waals surface area contributed by atoms with Crippen molar-refractivity contribution in [3.05, 3.63) is 63.2 Å². The lowest BCUT2D eigenvalue weighted by Gasteiger charge is -2.41. The first kappa shape index (κ1) is 25.8. The van der Waals surface area contributed by atoms with Crippen molar-refractivity contribution in [2.75, 3.05) is 33.4 Å². The van der Waals surface area contributed by atoms with Crippen LogP contribution < -0.4 is 4.74 Å². The maximum absolute atomic E-state index is 13.3. The lowest BCUT2D eigenvalue weighted by molar-refractivity contribution is -0.137. The fourth-order valence-corrected chi connectivity index (χ4v) is 4.68. The summed E-state index contributed by atoms with van der Waals surface area (Å²) in [6, 6.07) is 7.82. The lowest BCUT2D eigenvalue weighted by Crippen LogP contribution is -2.43. The molecule has 1 atom stereocenters. The standard InChI is InChI=1S/C25H31ClF3NO3/c1-16-17(2)23(33-14-13-32-4)8-6-20(16)18(3)30-11-9-24(31,10-12-30)19-5-7-22(26)21(15-19)25(27,28)29/h5-8,15,18,31H,9-14H2,1-4H3. The third-order valence-electron chi connectivity index (χ3n) is 6.76. The van der Waals surface area contributed by atoms with Gasteiger partial charge in [-0.1, -0.05) is 23.7 Å². The summed E-state index contributed by atoms with van der Waals surface area (Å²) in [6.07, 6.45) is -3.88. The molecule has 0 bridgehead atoms. The average molecular weight is 486 g/mol. The fraction of sp³-hybridized carbons (Fsp3) is 0.520. The molecule has 8 heteroatoms. The molecule has 4 nitrogen and oxygen atoms in total. The van der Waals surface area contributed by atoms with E-state index in [0.29, 0.717) is 39.1 Å². The van der Waals surface area contributed by atoms with Gasteiger partial charge in [0.2, 0.25) is 0 Å². The van der Waals surface area contributed by atoms with E-state index >= 15 is 0 Å². The van der Waals surface area contributed by atoms with Crippen LogP contribution in [0.5, 0.6) is 5.75 Å². The summed E-state index contributed by atoms with van der Waals surface area (Å²) in [6.45, 7) is 8.33. The zero-order valence-corrected chi connectivity index (χ0v) is 20.2. The molecule has 0 aromatic heterocycles. The molecule has 0 aliphatic carbocycles. The molecule has 1 heterocycles. The predicted molar refractivity (Wildman–Crippen MR) is 123 cm³/mol. The average Bonchev–Trinajstić information content (AvgIpc) is 2.76. The molecule has 1 aliphatic heterocycles. The van der Waals surface area contributed by atoms with Gasteiger partial charge in [-0.3, -0.25) is 4.90 Å². The molecule has 0 spiro atoms. The number of aliphatic hydroxyl groups is 1. The van der Waals surface area contributed by atoms with Crippen LogP contribution in [0.3, 0.4) is 0 Å². The zero-order chi connectivity index (χ0) is 24.4. The highest BCUT2D eigenvalue weighted by Crippen LogP contribution is 2.41. The number of nitrogens with zero attached hydrogens (tertiary/aromatic N) is 1. The van der Waals surface area contributed by atoms with Gasteiger partial charge in [0.1, 0.15) is 12.4 Å². The predicted octanol–water partition coefficient (Wildman–Crippen LogP) is 6.05. The van der Waals surface area contributed by atoms with Crippen LogP contribution in [0.15, 0.2) is 30.3 Å². The summed E-state index contributed by atoms with van der Waals surface area (Å²) in [7, 11) is 1.63. The van der Waals surface area contributed by atoms with Gasteiger partial charge in [0, 0.05) is 26.2 Å². The minimum absolute atomic E-state index is 0.0947. The quantitative estimate of drug-likeness (QED) is 0.485. The normalized spacial score (nSPS) is 17.7. The summed E-state index contributed by atoms with van der Waals surface area (Å²) in [4.78, 5) is 2.25. The third kappa shape index (κ3) is 5.65. The van der Waals surface area contributed by atoms with Crippen molar-refractivity contribution in [1.29, 1.82) is 0 Å². The molecule has 1 N–H and O–H groups in total. The SMILES string of the molecule is COCCOc1ccc(C(C)N2CCC(O)(c3ccc(Cl)c(C(F)(F)F)c3)CC2)c(C)c1C. The summed E-state index contributed by atoms with van der Waals surface area (Å²) in [5.74, 6) is 0.830. The number of likely N-dealkylation sites (tertiary alicyclic amines) is 1. The van der Waals surface area contributed by atoms with Gasteiger partial charge in [-0.05, 0) is 74.1 Å². The number of halogens is 4. The second kappa shape index (κ2) is 10.2. The van der Waals surface area contributed by atoms with Crippen molar-refractivity contribution in [3.63, 3.8) is 0 Å². The Bertz CT molecular complexity index is 972. The Morgan fingerprint density at radius 3 is 2.36 bits per heavy atom. The molecule has 1 saturated heterocycles. The highest BCUT2D eigenvalue weighted by molar-refractivity contribution is 6.31. The van der Waals surface area contributed by atoms with Crippen molar-refractivity contribution < 1.29 is 27.8 Å². The summed E-state index contributed by atoms with van der Waals surface area (Å²) in [5, 5.41) is 10.8. The van der Waals surface area contributed by atoms with Crippen molar-refractivity contribution in [2.45, 2.75) is 51.4 Å². The molecular weight excluding hydrogens is 455 g/mol. The Labute approximate surface area is 198 Å². The Morgan fingerprint density at radius 2 is 1.76 bits per heavy atom. The number of piperidine rings is 1. The molecule has 0 saturated carbocycles. The van der Waals surface area contributed by atoms with Crippen LogP contribution in [-0.2, 0) is 16.5 Å². The van der Waals surface area contributed by atoms with E-state index in [1.165, 1.54) is 17.7 Å². The van der Waals surface area contributed by atoms with E-state index < -0.39 is 17.3 Å². The first-order chi connectivity index (χ1) is 15.5. The van der Waals surface area contributed by atoms with Gasteiger partial charge in [0.25, 0.3) is 0 Å². The maximum Gasteiger partial charge on any atom is 0.417 e. The van der Waals surface area contributed by atoms with Gasteiger partial charge in [0.05, 0.1) is 22.8 Å². The monoisotopic (exact) mass is 485 g/mol. The maximum atomic E-state index is 13.3. The second-order valence-corrected chi connectivity index (χ2v) is 9.09. The van der Waals surface area contributed by atoms with Crippen LogP contribution >= 0.6 is 11.6 Å². The van der Waals surface area contributed by atoms with Crippen LogP contribution in [-0.4, -0.2) is 43.4 Å².